The Kier molecular flexibility index (Phi) is 9.96. The van der Waals surface area contributed by atoms with Gasteiger partial charge in [0.1, 0.15) is 0 Å². The molecule has 4 heterocycles. The van der Waals surface area contributed by atoms with Crippen molar-refractivity contribution >= 4 is 65.7 Å². The average Bonchev–Trinajstić information content (AvgIpc) is 3.46. The van der Waals surface area contributed by atoms with E-state index in [0.29, 0.717) is 51.5 Å². The van der Waals surface area contributed by atoms with Crippen LogP contribution in [0.5, 0.6) is 0 Å². The highest BCUT2D eigenvalue weighted by Gasteiger charge is 2.35. The Balaban J connectivity index is 1.02. The van der Waals surface area contributed by atoms with Crippen LogP contribution in [0.25, 0.3) is 21.8 Å². The molecule has 48 heavy (non-hydrogen) atoms. The number of rotatable bonds is 6. The molecule has 3 aliphatic heterocycles. The summed E-state index contributed by atoms with van der Waals surface area (Å²) in [6, 6.07) is 18.4. The Hall–Kier alpha value is -3.19. The van der Waals surface area contributed by atoms with Gasteiger partial charge in [-0.3, -0.25) is 14.3 Å². The second kappa shape index (κ2) is 14.3. The van der Waals surface area contributed by atoms with Crippen LogP contribution in [0.3, 0.4) is 0 Å². The number of hydrogen-bond acceptors (Lipinski definition) is 6. The monoisotopic (exact) mass is 780 g/mol. The average molecular weight is 783 g/mol. The number of imidazole rings is 1. The Bertz CT molecular complexity index is 1850. The van der Waals surface area contributed by atoms with Crippen LogP contribution in [-0.2, 0) is 16.0 Å². The lowest BCUT2D eigenvalue weighted by Gasteiger charge is -2.42. The lowest BCUT2D eigenvalue weighted by atomic mass is 10.0. The molecule has 3 aliphatic rings. The molecule has 1 atom stereocenters. The van der Waals surface area contributed by atoms with Gasteiger partial charge >= 0.3 is 11.8 Å². The van der Waals surface area contributed by atoms with Crippen LogP contribution in [-0.4, -0.2) is 113 Å². The number of fused-ring (bicyclic) bond motifs is 3. The van der Waals surface area contributed by atoms with Crippen molar-refractivity contribution < 1.29 is 14.3 Å². The van der Waals surface area contributed by atoms with E-state index >= 15 is 0 Å². The number of benzene rings is 3. The van der Waals surface area contributed by atoms with Gasteiger partial charge in [0.25, 0.3) is 5.91 Å². The third kappa shape index (κ3) is 6.94. The van der Waals surface area contributed by atoms with Gasteiger partial charge in [0.15, 0.2) is 6.10 Å². The van der Waals surface area contributed by atoms with Crippen LogP contribution >= 0.6 is 31.9 Å². The molecule has 0 radical (unpaired) electrons. The summed E-state index contributed by atoms with van der Waals surface area (Å²) < 4.78 is 9.72. The van der Waals surface area contributed by atoms with Gasteiger partial charge in [0.2, 0.25) is 0 Å². The molecule has 10 nitrogen and oxygen atoms in total. The first-order chi connectivity index (χ1) is 23.2. The third-order valence-corrected chi connectivity index (χ3v) is 12.3. The molecule has 3 aromatic carbocycles. The van der Waals surface area contributed by atoms with E-state index in [1.807, 2.05) is 64.1 Å². The lowest BCUT2D eigenvalue weighted by molar-refractivity contribution is -0.143. The van der Waals surface area contributed by atoms with E-state index in [9.17, 15) is 14.4 Å². The van der Waals surface area contributed by atoms with Gasteiger partial charge in [0, 0.05) is 72.1 Å². The summed E-state index contributed by atoms with van der Waals surface area (Å²) in [6.07, 6.45) is 2.43. The van der Waals surface area contributed by atoms with Crippen molar-refractivity contribution in [1.82, 2.24) is 29.2 Å². The van der Waals surface area contributed by atoms with E-state index < -0.39 is 12.2 Å². The summed E-state index contributed by atoms with van der Waals surface area (Å²) in [5, 5.41) is 2.10. The minimum Gasteiger partial charge on any atom is -0.436 e. The second-order valence-corrected chi connectivity index (χ2v) is 15.1. The second-order valence-electron chi connectivity index (χ2n) is 13.4. The number of piperidine rings is 2. The standard InChI is InChI=1S/C36H42Br2N6O4/c1-40-14-10-26(11-15-40)41-18-20-42(21-19-41)34(45)32(23-24-6-8-29(37)30(38)22-24)48-36(47)43-16-12-27(13-17-43)44-31-9-7-25-4-2-3-5-28(25)33(31)39-35(44)46/h2-9,22,26-27,32H,10-21,23H2,1H3,(H,39,46)/t32-/m1/s1. The van der Waals surface area contributed by atoms with Crippen molar-refractivity contribution in [2.45, 2.75) is 50.3 Å². The lowest BCUT2D eigenvalue weighted by Crippen LogP contribution is -2.56. The molecule has 7 rings (SSSR count). The number of piperazine rings is 1. The fraction of sp³-hybridized carbons (Fsp3) is 0.472. The molecule has 3 fully saturated rings. The molecule has 0 aliphatic carbocycles. The third-order valence-electron chi connectivity index (χ3n) is 10.5. The van der Waals surface area contributed by atoms with Crippen LogP contribution in [0.4, 0.5) is 4.79 Å². The highest BCUT2D eigenvalue weighted by Crippen LogP contribution is 2.30. The first-order valence-corrected chi connectivity index (χ1v) is 18.6. The molecule has 3 saturated heterocycles. The normalized spacial score (nSPS) is 19.6. The van der Waals surface area contributed by atoms with Crippen molar-refractivity contribution in [1.29, 1.82) is 0 Å². The minimum absolute atomic E-state index is 0.0464. The quantitative estimate of drug-likeness (QED) is 0.273. The van der Waals surface area contributed by atoms with Crippen LogP contribution in [0, 0.1) is 0 Å². The largest absolute Gasteiger partial charge is 0.436 e. The summed E-state index contributed by atoms with van der Waals surface area (Å²) in [4.78, 5) is 52.3. The number of hydrogen-bond donors (Lipinski definition) is 1. The fourth-order valence-corrected chi connectivity index (χ4v) is 8.34. The summed E-state index contributed by atoms with van der Waals surface area (Å²) in [5.41, 5.74) is 2.49. The Morgan fingerprint density at radius 1 is 0.833 bits per heavy atom. The number of ether oxygens (including phenoxy) is 1. The number of nitrogens with one attached hydrogen (secondary N) is 1. The number of nitrogens with zero attached hydrogens (tertiary/aromatic N) is 5. The topological polar surface area (TPSA) is 94.1 Å². The Labute approximate surface area is 297 Å². The van der Waals surface area contributed by atoms with Gasteiger partial charge in [-0.15, -0.1) is 0 Å². The maximum Gasteiger partial charge on any atom is 0.410 e. The van der Waals surface area contributed by atoms with Gasteiger partial charge in [-0.2, -0.15) is 0 Å². The van der Waals surface area contributed by atoms with Gasteiger partial charge in [-0.1, -0.05) is 36.4 Å². The summed E-state index contributed by atoms with van der Waals surface area (Å²) in [7, 11) is 2.17. The SMILES string of the molecule is CN1CCC(N2CCN(C(=O)[C@@H](Cc3ccc(Br)c(Br)c3)OC(=O)N3CCC(n4c(=O)[nH]c5c6ccccc6ccc54)CC3)CC2)CC1. The maximum atomic E-state index is 14.0. The van der Waals surface area contributed by atoms with E-state index in [2.05, 4.69) is 53.7 Å². The molecular weight excluding hydrogens is 740 g/mol. The van der Waals surface area contributed by atoms with Crippen molar-refractivity contribution in [2.24, 2.45) is 0 Å². The van der Waals surface area contributed by atoms with Crippen molar-refractivity contribution in [2.75, 3.05) is 59.4 Å². The van der Waals surface area contributed by atoms with Crippen molar-refractivity contribution in [3.05, 3.63) is 79.6 Å². The zero-order valence-electron chi connectivity index (χ0n) is 27.2. The number of aromatic amines is 1. The summed E-state index contributed by atoms with van der Waals surface area (Å²) in [5.74, 6) is -0.141. The van der Waals surface area contributed by atoms with Crippen LogP contribution in [0.15, 0.2) is 68.3 Å². The number of aromatic nitrogens is 2. The van der Waals surface area contributed by atoms with E-state index in [-0.39, 0.29) is 17.6 Å². The predicted molar refractivity (Wildman–Crippen MR) is 194 cm³/mol. The number of amides is 2. The molecule has 0 unspecified atom stereocenters. The number of carbonyl (C=O) groups is 2. The van der Waals surface area contributed by atoms with E-state index in [4.69, 9.17) is 4.74 Å². The van der Waals surface area contributed by atoms with Crippen LogP contribution in [0.1, 0.15) is 37.3 Å². The minimum atomic E-state index is -0.928. The number of carbonyl (C=O) groups excluding carboxylic acids is 2. The molecule has 0 bridgehead atoms. The summed E-state index contributed by atoms with van der Waals surface area (Å²) in [6.45, 7) is 6.02. The number of halogens is 2. The highest BCUT2D eigenvalue weighted by atomic mass is 79.9. The zero-order valence-corrected chi connectivity index (χ0v) is 30.4. The highest BCUT2D eigenvalue weighted by molar-refractivity contribution is 9.13. The molecule has 1 N–H and O–H groups in total. The van der Waals surface area contributed by atoms with E-state index in [0.717, 1.165) is 75.3 Å². The molecule has 12 heteroatoms. The Morgan fingerprint density at radius 3 is 2.27 bits per heavy atom. The predicted octanol–water partition coefficient (Wildman–Crippen LogP) is 5.63. The van der Waals surface area contributed by atoms with Crippen molar-refractivity contribution in [3.63, 3.8) is 0 Å². The molecule has 254 valence electrons. The molecule has 0 spiro atoms. The van der Waals surface area contributed by atoms with Gasteiger partial charge in [0.05, 0.1) is 11.0 Å². The van der Waals surface area contributed by atoms with Crippen LogP contribution < -0.4 is 5.69 Å². The molecule has 4 aromatic rings. The Morgan fingerprint density at radius 2 is 1.54 bits per heavy atom. The summed E-state index contributed by atoms with van der Waals surface area (Å²) >= 11 is 7.10. The molecule has 1 aromatic heterocycles. The zero-order chi connectivity index (χ0) is 33.4. The number of likely N-dealkylation sites (tertiary alicyclic amines) is 2. The van der Waals surface area contributed by atoms with Crippen LogP contribution in [0.2, 0.25) is 0 Å². The van der Waals surface area contributed by atoms with Gasteiger partial charge in [-0.05, 0) is 107 Å². The maximum absolute atomic E-state index is 14.0. The van der Waals surface area contributed by atoms with E-state index in [1.54, 1.807) is 4.90 Å². The van der Waals surface area contributed by atoms with E-state index in [1.165, 1.54) is 0 Å². The molecular formula is C36H42Br2N6O4. The number of H-pyrrole nitrogens is 1. The first kappa shape index (κ1) is 33.3. The van der Waals surface area contributed by atoms with Gasteiger partial charge < -0.3 is 24.4 Å². The first-order valence-electron chi connectivity index (χ1n) is 17.0. The smallest absolute Gasteiger partial charge is 0.410 e. The fourth-order valence-electron chi connectivity index (χ4n) is 7.67. The van der Waals surface area contributed by atoms with Gasteiger partial charge in [-0.25, -0.2) is 9.59 Å². The molecule has 2 amide bonds. The van der Waals surface area contributed by atoms with Crippen molar-refractivity contribution in [3.8, 4) is 0 Å². The molecule has 0 saturated carbocycles.